The van der Waals surface area contributed by atoms with Gasteiger partial charge in [0.15, 0.2) is 12.0 Å². The molecule has 0 fully saturated rings. The van der Waals surface area contributed by atoms with Gasteiger partial charge in [0.25, 0.3) is 0 Å². The van der Waals surface area contributed by atoms with E-state index >= 15 is 0 Å². The molecular weight excluding hydrogens is 402 g/mol. The standard InChI is InChI=1S/C31H21NO/c1-5-13-22(14-6-1)26-27(23-15-7-2-8-16-23)29(25-19-11-4-12-20-25)31-30(32-21-33-31)28(26)24-17-9-3-10-18-24/h1-21H. The van der Waals surface area contributed by atoms with E-state index < -0.39 is 0 Å². The van der Waals surface area contributed by atoms with Gasteiger partial charge >= 0.3 is 0 Å². The molecule has 5 aromatic carbocycles. The Balaban J connectivity index is 1.87. The van der Waals surface area contributed by atoms with E-state index in [4.69, 9.17) is 9.40 Å². The van der Waals surface area contributed by atoms with Gasteiger partial charge in [-0.25, -0.2) is 4.98 Å². The van der Waals surface area contributed by atoms with Crippen molar-refractivity contribution >= 4 is 11.1 Å². The number of aromatic nitrogens is 1. The van der Waals surface area contributed by atoms with Crippen LogP contribution in [0.25, 0.3) is 55.6 Å². The Bertz CT molecular complexity index is 1400. The van der Waals surface area contributed by atoms with Crippen LogP contribution in [0.15, 0.2) is 132 Å². The lowest BCUT2D eigenvalue weighted by Crippen LogP contribution is -1.96. The van der Waals surface area contributed by atoms with E-state index in [1.165, 1.54) is 0 Å². The van der Waals surface area contributed by atoms with E-state index in [1.807, 2.05) is 12.1 Å². The summed E-state index contributed by atoms with van der Waals surface area (Å²) in [5.74, 6) is 0. The Morgan fingerprint density at radius 2 is 0.758 bits per heavy atom. The monoisotopic (exact) mass is 423 g/mol. The zero-order chi connectivity index (χ0) is 22.0. The van der Waals surface area contributed by atoms with Crippen LogP contribution in [0.4, 0.5) is 0 Å². The number of fused-ring (bicyclic) bond motifs is 1. The molecule has 156 valence electrons. The maximum Gasteiger partial charge on any atom is 0.182 e. The van der Waals surface area contributed by atoms with Crippen molar-refractivity contribution in [1.82, 2.24) is 4.98 Å². The second-order valence-corrected chi connectivity index (χ2v) is 7.99. The Hall–Kier alpha value is -4.43. The number of hydrogen-bond donors (Lipinski definition) is 0. The van der Waals surface area contributed by atoms with Crippen LogP contribution in [-0.2, 0) is 0 Å². The quantitative estimate of drug-likeness (QED) is 0.284. The minimum absolute atomic E-state index is 0.804. The predicted molar refractivity (Wildman–Crippen MR) is 136 cm³/mol. The van der Waals surface area contributed by atoms with Crippen LogP contribution in [0.5, 0.6) is 0 Å². The number of oxazole rings is 1. The largest absolute Gasteiger partial charge is 0.443 e. The zero-order valence-corrected chi connectivity index (χ0v) is 18.0. The van der Waals surface area contributed by atoms with Crippen LogP contribution in [-0.4, -0.2) is 4.98 Å². The van der Waals surface area contributed by atoms with E-state index in [0.717, 1.165) is 55.6 Å². The van der Waals surface area contributed by atoms with Crippen LogP contribution in [0.1, 0.15) is 0 Å². The summed E-state index contributed by atoms with van der Waals surface area (Å²) >= 11 is 0. The zero-order valence-electron chi connectivity index (χ0n) is 18.0. The van der Waals surface area contributed by atoms with Crippen LogP contribution < -0.4 is 0 Å². The average Bonchev–Trinajstić information content (AvgIpc) is 3.39. The summed E-state index contributed by atoms with van der Waals surface area (Å²) in [7, 11) is 0. The summed E-state index contributed by atoms with van der Waals surface area (Å²) < 4.78 is 6.11. The van der Waals surface area contributed by atoms with Crippen molar-refractivity contribution in [3.63, 3.8) is 0 Å². The molecular formula is C31H21NO. The predicted octanol–water partition coefficient (Wildman–Crippen LogP) is 8.50. The van der Waals surface area contributed by atoms with E-state index in [-0.39, 0.29) is 0 Å². The number of hydrogen-bond acceptors (Lipinski definition) is 2. The molecule has 0 aliphatic rings. The van der Waals surface area contributed by atoms with Gasteiger partial charge in [-0.2, -0.15) is 0 Å². The minimum atomic E-state index is 0.804. The van der Waals surface area contributed by atoms with Gasteiger partial charge in [-0.05, 0) is 22.3 Å². The fourth-order valence-corrected chi connectivity index (χ4v) is 4.64. The highest BCUT2D eigenvalue weighted by Crippen LogP contribution is 2.50. The highest BCUT2D eigenvalue weighted by Gasteiger charge is 2.26. The summed E-state index contributed by atoms with van der Waals surface area (Å²) in [4.78, 5) is 4.74. The molecule has 0 unspecified atom stereocenters. The fraction of sp³-hybridized carbons (Fsp3) is 0. The van der Waals surface area contributed by atoms with Crippen molar-refractivity contribution < 1.29 is 4.42 Å². The maximum atomic E-state index is 6.11. The second kappa shape index (κ2) is 8.25. The molecule has 1 aromatic heterocycles. The molecule has 2 heteroatoms. The molecule has 33 heavy (non-hydrogen) atoms. The molecule has 6 aromatic rings. The fourth-order valence-electron chi connectivity index (χ4n) is 4.64. The highest BCUT2D eigenvalue weighted by atomic mass is 16.3. The van der Waals surface area contributed by atoms with Crippen LogP contribution >= 0.6 is 0 Å². The first-order chi connectivity index (χ1) is 16.4. The molecule has 0 bridgehead atoms. The highest BCUT2D eigenvalue weighted by molar-refractivity contribution is 6.15. The Morgan fingerprint density at radius 3 is 1.21 bits per heavy atom. The second-order valence-electron chi connectivity index (χ2n) is 7.99. The van der Waals surface area contributed by atoms with Crippen molar-refractivity contribution in [3.05, 3.63) is 128 Å². The molecule has 0 radical (unpaired) electrons. The Labute approximate surface area is 192 Å². The van der Waals surface area contributed by atoms with Crippen molar-refractivity contribution in [1.29, 1.82) is 0 Å². The molecule has 0 aliphatic carbocycles. The third-order valence-corrected chi connectivity index (χ3v) is 6.03. The molecule has 0 spiro atoms. The molecule has 0 N–H and O–H groups in total. The van der Waals surface area contributed by atoms with Gasteiger partial charge in [-0.1, -0.05) is 121 Å². The molecule has 0 atom stereocenters. The lowest BCUT2D eigenvalue weighted by atomic mass is 9.82. The summed E-state index contributed by atoms with van der Waals surface area (Å²) in [6, 6.07) is 42.1. The van der Waals surface area contributed by atoms with Crippen LogP contribution in [0, 0.1) is 0 Å². The first-order valence-electron chi connectivity index (χ1n) is 11.1. The van der Waals surface area contributed by atoms with Crippen LogP contribution in [0.3, 0.4) is 0 Å². The van der Waals surface area contributed by atoms with Crippen LogP contribution in [0.2, 0.25) is 0 Å². The Morgan fingerprint density at radius 1 is 0.394 bits per heavy atom. The third kappa shape index (κ3) is 3.33. The SMILES string of the molecule is c1ccc(-c2c(-c3ccccc3)c(-c3ccccc3)c3ocnc3c2-c2ccccc2)cc1. The van der Waals surface area contributed by atoms with Gasteiger partial charge in [0, 0.05) is 22.3 Å². The van der Waals surface area contributed by atoms with E-state index in [2.05, 4.69) is 109 Å². The van der Waals surface area contributed by atoms with E-state index in [0.29, 0.717) is 0 Å². The average molecular weight is 424 g/mol. The van der Waals surface area contributed by atoms with Crippen molar-refractivity contribution in [3.8, 4) is 44.5 Å². The smallest absolute Gasteiger partial charge is 0.182 e. The van der Waals surface area contributed by atoms with Gasteiger partial charge in [0.05, 0.1) is 0 Å². The molecule has 6 rings (SSSR count). The number of benzene rings is 5. The first-order valence-corrected chi connectivity index (χ1v) is 11.1. The van der Waals surface area contributed by atoms with Gasteiger partial charge in [-0.3, -0.25) is 0 Å². The van der Waals surface area contributed by atoms with Crippen molar-refractivity contribution in [2.75, 3.05) is 0 Å². The minimum Gasteiger partial charge on any atom is -0.443 e. The molecule has 2 nitrogen and oxygen atoms in total. The molecule has 0 saturated carbocycles. The number of nitrogens with zero attached hydrogens (tertiary/aromatic N) is 1. The van der Waals surface area contributed by atoms with Crippen molar-refractivity contribution in [2.45, 2.75) is 0 Å². The third-order valence-electron chi connectivity index (χ3n) is 6.03. The van der Waals surface area contributed by atoms with Gasteiger partial charge in [0.2, 0.25) is 0 Å². The number of rotatable bonds is 4. The summed E-state index contributed by atoms with van der Waals surface area (Å²) in [5.41, 5.74) is 10.7. The van der Waals surface area contributed by atoms with Gasteiger partial charge in [-0.15, -0.1) is 0 Å². The topological polar surface area (TPSA) is 26.0 Å². The van der Waals surface area contributed by atoms with E-state index in [9.17, 15) is 0 Å². The lowest BCUT2D eigenvalue weighted by Gasteiger charge is -2.21. The summed E-state index contributed by atoms with van der Waals surface area (Å²) in [5, 5.41) is 0. The first kappa shape index (κ1) is 19.3. The Kier molecular flexibility index (Phi) is 4.82. The lowest BCUT2D eigenvalue weighted by molar-refractivity contribution is 0.603. The van der Waals surface area contributed by atoms with Gasteiger partial charge in [0.1, 0.15) is 5.52 Å². The maximum absolute atomic E-state index is 6.11. The molecule has 0 aliphatic heterocycles. The normalized spacial score (nSPS) is 11.0. The van der Waals surface area contributed by atoms with Crippen molar-refractivity contribution in [2.24, 2.45) is 0 Å². The molecule has 0 amide bonds. The summed E-state index contributed by atoms with van der Waals surface area (Å²) in [6.07, 6.45) is 1.56. The van der Waals surface area contributed by atoms with Gasteiger partial charge < -0.3 is 4.42 Å². The van der Waals surface area contributed by atoms with E-state index in [1.54, 1.807) is 6.39 Å². The summed E-state index contributed by atoms with van der Waals surface area (Å²) in [6.45, 7) is 0. The molecule has 0 saturated heterocycles. The molecule has 1 heterocycles.